The number of rotatable bonds is 6. The van der Waals surface area contributed by atoms with Gasteiger partial charge in [-0.25, -0.2) is 0 Å². The molecule has 0 unspecified atom stereocenters. The predicted molar refractivity (Wildman–Crippen MR) is 131 cm³/mol. The summed E-state index contributed by atoms with van der Waals surface area (Å²) in [6.07, 6.45) is 2.31. The predicted octanol–water partition coefficient (Wildman–Crippen LogP) is 4.12. The van der Waals surface area contributed by atoms with Crippen molar-refractivity contribution in [2.45, 2.75) is 37.6 Å². The minimum absolute atomic E-state index is 0.0225. The molecule has 1 aromatic heterocycles. The van der Waals surface area contributed by atoms with Gasteiger partial charge in [0.25, 0.3) is 5.91 Å². The van der Waals surface area contributed by atoms with Crippen LogP contribution in [0.2, 0.25) is 0 Å². The van der Waals surface area contributed by atoms with Crippen molar-refractivity contribution < 1.29 is 14.7 Å². The average Bonchev–Trinajstić information content (AvgIpc) is 3.21. The van der Waals surface area contributed by atoms with Crippen molar-refractivity contribution in [3.8, 4) is 0 Å². The van der Waals surface area contributed by atoms with Gasteiger partial charge in [-0.15, -0.1) is 0 Å². The molecule has 2 aliphatic rings. The fourth-order valence-electron chi connectivity index (χ4n) is 5.44. The van der Waals surface area contributed by atoms with Gasteiger partial charge >= 0.3 is 0 Å². The maximum absolute atomic E-state index is 13.9. The minimum atomic E-state index is -1.06. The zero-order valence-electron chi connectivity index (χ0n) is 18.7. The lowest BCUT2D eigenvalue weighted by atomic mass is 9.76. The number of aromatic amines is 1. The van der Waals surface area contributed by atoms with Gasteiger partial charge in [-0.05, 0) is 55.5 Å². The lowest BCUT2D eigenvalue weighted by Gasteiger charge is -2.51. The molecule has 0 bridgehead atoms. The van der Waals surface area contributed by atoms with E-state index < -0.39 is 5.54 Å². The number of hydrogen-bond acceptors (Lipinski definition) is 3. The summed E-state index contributed by atoms with van der Waals surface area (Å²) in [5.41, 5.74) is 2.97. The van der Waals surface area contributed by atoms with Crippen LogP contribution >= 0.6 is 15.9 Å². The molecule has 2 amide bonds. The number of carbonyl (C=O) groups is 2. The molecule has 2 N–H and O–H groups in total. The van der Waals surface area contributed by atoms with Gasteiger partial charge < -0.3 is 19.9 Å². The van der Waals surface area contributed by atoms with E-state index in [-0.39, 0.29) is 30.9 Å². The molecule has 172 valence electrons. The third kappa shape index (κ3) is 3.58. The summed E-state index contributed by atoms with van der Waals surface area (Å²) in [6, 6.07) is 16.4. The first-order chi connectivity index (χ1) is 15.9. The summed E-state index contributed by atoms with van der Waals surface area (Å²) < 4.78 is 1.01. The SMILES string of the molecule is C[C@]12C(=O)N(CCCCCO)CC(=O)N1C[C@@H](c1ccc(Br)cc1)c1c2[nH]c2ccccc12. The smallest absolute Gasteiger partial charge is 0.254 e. The van der Waals surface area contributed by atoms with E-state index in [0.717, 1.165) is 45.0 Å². The molecule has 0 aliphatic carbocycles. The number of aromatic nitrogens is 1. The number of aliphatic hydroxyl groups excluding tert-OH is 1. The Morgan fingerprint density at radius 3 is 2.61 bits per heavy atom. The van der Waals surface area contributed by atoms with E-state index in [0.29, 0.717) is 19.5 Å². The molecule has 2 aromatic carbocycles. The molecule has 0 saturated carbocycles. The second-order valence-corrected chi connectivity index (χ2v) is 10.1. The summed E-state index contributed by atoms with van der Waals surface area (Å²) in [5, 5.41) is 10.2. The lowest BCUT2D eigenvalue weighted by molar-refractivity contribution is -0.166. The standard InChI is InChI=1S/C26H28BrN3O3/c1-26-24-23(19-7-3-4-8-21(19)28-24)20(17-9-11-18(27)12-10-17)15-30(26)22(32)16-29(25(26)33)13-5-2-6-14-31/h3-4,7-12,20,28,31H,2,5-6,13-16H2,1H3/t20-,26-/m0/s1. The van der Waals surface area contributed by atoms with Gasteiger partial charge in [0.1, 0.15) is 0 Å². The largest absolute Gasteiger partial charge is 0.396 e. The number of fused-ring (bicyclic) bond motifs is 5. The van der Waals surface area contributed by atoms with Crippen molar-refractivity contribution in [2.75, 3.05) is 26.2 Å². The highest BCUT2D eigenvalue weighted by atomic mass is 79.9. The van der Waals surface area contributed by atoms with Crippen molar-refractivity contribution in [1.29, 1.82) is 0 Å². The minimum Gasteiger partial charge on any atom is -0.396 e. The molecular formula is C26H28BrN3O3. The number of benzene rings is 2. The number of nitrogens with zero attached hydrogens (tertiary/aromatic N) is 2. The van der Waals surface area contributed by atoms with Crippen LogP contribution in [0.25, 0.3) is 10.9 Å². The second-order valence-electron chi connectivity index (χ2n) is 9.15. The summed E-state index contributed by atoms with van der Waals surface area (Å²) in [6.45, 7) is 3.14. The molecular weight excluding hydrogens is 482 g/mol. The van der Waals surface area contributed by atoms with Gasteiger partial charge in [-0.2, -0.15) is 0 Å². The number of amides is 2. The van der Waals surface area contributed by atoms with E-state index in [1.165, 1.54) is 0 Å². The Hall–Kier alpha value is -2.64. The highest BCUT2D eigenvalue weighted by Gasteiger charge is 2.56. The van der Waals surface area contributed by atoms with Gasteiger partial charge in [0.05, 0.1) is 12.2 Å². The van der Waals surface area contributed by atoms with E-state index in [1.54, 1.807) is 9.80 Å². The average molecular weight is 510 g/mol. The molecule has 7 heteroatoms. The van der Waals surface area contributed by atoms with E-state index in [1.807, 2.05) is 37.3 Å². The third-order valence-electron chi connectivity index (χ3n) is 7.18. The normalized spacial score (nSPS) is 22.6. The lowest BCUT2D eigenvalue weighted by Crippen LogP contribution is -2.67. The number of unbranched alkanes of at least 4 members (excludes halogenated alkanes) is 2. The van der Waals surface area contributed by atoms with Crippen molar-refractivity contribution >= 4 is 38.6 Å². The van der Waals surface area contributed by atoms with Gasteiger partial charge in [0, 0.05) is 41.0 Å². The summed E-state index contributed by atoms with van der Waals surface area (Å²) in [7, 11) is 0. The fraction of sp³-hybridized carbons (Fsp3) is 0.385. The van der Waals surface area contributed by atoms with Gasteiger partial charge in [0.15, 0.2) is 5.54 Å². The Bertz CT molecular complexity index is 1210. The van der Waals surface area contributed by atoms with Gasteiger partial charge in [0.2, 0.25) is 5.91 Å². The molecule has 3 heterocycles. The number of hydrogen-bond donors (Lipinski definition) is 2. The number of H-pyrrole nitrogens is 1. The molecule has 1 fully saturated rings. The van der Waals surface area contributed by atoms with Crippen LogP contribution in [0.5, 0.6) is 0 Å². The summed E-state index contributed by atoms with van der Waals surface area (Å²) in [4.78, 5) is 34.3. The van der Waals surface area contributed by atoms with Crippen LogP contribution in [0.3, 0.4) is 0 Å². The number of carbonyl (C=O) groups excluding carboxylic acids is 2. The second kappa shape index (κ2) is 8.61. The van der Waals surface area contributed by atoms with E-state index in [4.69, 9.17) is 5.11 Å². The topological polar surface area (TPSA) is 76.6 Å². The molecule has 6 nitrogen and oxygen atoms in total. The van der Waals surface area contributed by atoms with Crippen LogP contribution in [0.4, 0.5) is 0 Å². The highest BCUT2D eigenvalue weighted by molar-refractivity contribution is 9.10. The van der Waals surface area contributed by atoms with Crippen LogP contribution in [-0.4, -0.2) is 57.9 Å². The Morgan fingerprint density at radius 1 is 1.09 bits per heavy atom. The zero-order chi connectivity index (χ0) is 23.2. The van der Waals surface area contributed by atoms with E-state index >= 15 is 0 Å². The first-order valence-corrected chi connectivity index (χ1v) is 12.3. The van der Waals surface area contributed by atoms with Crippen molar-refractivity contribution in [3.63, 3.8) is 0 Å². The summed E-state index contributed by atoms with van der Waals surface area (Å²) >= 11 is 3.52. The number of halogens is 1. The number of piperazine rings is 1. The van der Waals surface area contributed by atoms with Crippen molar-refractivity contribution in [3.05, 3.63) is 69.8 Å². The number of aliphatic hydroxyl groups is 1. The zero-order valence-corrected chi connectivity index (χ0v) is 20.3. The van der Waals surface area contributed by atoms with E-state index in [2.05, 4.69) is 39.1 Å². The Labute approximate surface area is 201 Å². The van der Waals surface area contributed by atoms with Crippen LogP contribution in [-0.2, 0) is 15.1 Å². The van der Waals surface area contributed by atoms with Crippen molar-refractivity contribution in [2.24, 2.45) is 0 Å². The number of nitrogens with one attached hydrogen (secondary N) is 1. The fourth-order valence-corrected chi connectivity index (χ4v) is 5.71. The maximum atomic E-state index is 13.9. The molecule has 5 rings (SSSR count). The van der Waals surface area contributed by atoms with Crippen molar-refractivity contribution in [1.82, 2.24) is 14.8 Å². The van der Waals surface area contributed by atoms with Crippen LogP contribution in [0.1, 0.15) is 48.9 Å². The Balaban J connectivity index is 1.62. The molecule has 3 aromatic rings. The molecule has 2 atom stereocenters. The highest BCUT2D eigenvalue weighted by Crippen LogP contribution is 2.48. The van der Waals surface area contributed by atoms with Gasteiger partial charge in [-0.1, -0.05) is 46.3 Å². The molecule has 33 heavy (non-hydrogen) atoms. The maximum Gasteiger partial charge on any atom is 0.254 e. The van der Waals surface area contributed by atoms with Crippen LogP contribution < -0.4 is 0 Å². The third-order valence-corrected chi connectivity index (χ3v) is 7.70. The Morgan fingerprint density at radius 2 is 1.85 bits per heavy atom. The Kier molecular flexibility index (Phi) is 5.79. The number of para-hydroxylation sites is 1. The monoisotopic (exact) mass is 509 g/mol. The van der Waals surface area contributed by atoms with Gasteiger partial charge in [-0.3, -0.25) is 9.59 Å². The summed E-state index contributed by atoms with van der Waals surface area (Å²) in [5.74, 6) is -0.0796. The molecule has 2 aliphatic heterocycles. The quantitative estimate of drug-likeness (QED) is 0.490. The molecule has 0 spiro atoms. The van der Waals surface area contributed by atoms with Crippen LogP contribution in [0, 0.1) is 0 Å². The molecule has 0 radical (unpaired) electrons. The molecule has 1 saturated heterocycles. The van der Waals surface area contributed by atoms with Crippen LogP contribution in [0.15, 0.2) is 53.0 Å². The van der Waals surface area contributed by atoms with E-state index in [9.17, 15) is 9.59 Å². The first-order valence-electron chi connectivity index (χ1n) is 11.5. The first kappa shape index (κ1) is 22.2.